The van der Waals surface area contributed by atoms with Gasteiger partial charge in [0.15, 0.2) is 23.3 Å². The topological polar surface area (TPSA) is 87.7 Å². The molecular formula is C30H30N6O2. The SMILES string of the molecule is C=C(OC)n1nc(-c2cccc(-c3nc(-c4ccccc4)n(C(=O)CC)n3)c2)nc1-c1ccccc1.CC. The average molecular weight is 507 g/mol. The highest BCUT2D eigenvalue weighted by Gasteiger charge is 2.20. The van der Waals surface area contributed by atoms with Crippen LogP contribution in [0.15, 0.2) is 91.5 Å². The summed E-state index contributed by atoms with van der Waals surface area (Å²) < 4.78 is 8.30. The van der Waals surface area contributed by atoms with Crippen molar-refractivity contribution in [3.8, 4) is 45.6 Å². The predicted octanol–water partition coefficient (Wildman–Crippen LogP) is 6.69. The van der Waals surface area contributed by atoms with Crippen molar-refractivity contribution in [3.05, 3.63) is 91.5 Å². The molecule has 0 saturated carbocycles. The van der Waals surface area contributed by atoms with E-state index in [1.165, 1.54) is 4.68 Å². The maximum atomic E-state index is 12.6. The van der Waals surface area contributed by atoms with E-state index in [2.05, 4.69) is 16.8 Å². The highest BCUT2D eigenvalue weighted by atomic mass is 16.5. The van der Waals surface area contributed by atoms with Crippen molar-refractivity contribution < 1.29 is 9.53 Å². The van der Waals surface area contributed by atoms with Gasteiger partial charge in [-0.25, -0.2) is 9.97 Å². The summed E-state index contributed by atoms with van der Waals surface area (Å²) in [5.74, 6) is 2.30. The minimum Gasteiger partial charge on any atom is -0.481 e. The van der Waals surface area contributed by atoms with Gasteiger partial charge in [-0.3, -0.25) is 4.79 Å². The van der Waals surface area contributed by atoms with Crippen LogP contribution in [0.2, 0.25) is 0 Å². The van der Waals surface area contributed by atoms with Crippen LogP contribution in [0.4, 0.5) is 0 Å². The van der Waals surface area contributed by atoms with Crippen LogP contribution in [0.5, 0.6) is 0 Å². The summed E-state index contributed by atoms with van der Waals surface area (Å²) >= 11 is 0. The number of methoxy groups -OCH3 is 1. The molecule has 0 unspecified atom stereocenters. The van der Waals surface area contributed by atoms with E-state index in [0.717, 1.165) is 22.3 Å². The van der Waals surface area contributed by atoms with E-state index < -0.39 is 0 Å². The van der Waals surface area contributed by atoms with Gasteiger partial charge in [0, 0.05) is 28.7 Å². The fourth-order valence-electron chi connectivity index (χ4n) is 3.80. The molecule has 5 aromatic rings. The molecule has 2 heterocycles. The molecule has 0 fully saturated rings. The number of nitrogens with zero attached hydrogens (tertiary/aromatic N) is 6. The highest BCUT2D eigenvalue weighted by Crippen LogP contribution is 2.28. The third kappa shape index (κ3) is 5.29. The summed E-state index contributed by atoms with van der Waals surface area (Å²) in [7, 11) is 1.54. The number of ether oxygens (including phenoxy) is 1. The number of hydrogen-bond donors (Lipinski definition) is 0. The first-order valence-corrected chi connectivity index (χ1v) is 12.5. The molecule has 0 bridgehead atoms. The van der Waals surface area contributed by atoms with Crippen molar-refractivity contribution in [1.29, 1.82) is 0 Å². The van der Waals surface area contributed by atoms with Crippen LogP contribution in [0, 0.1) is 0 Å². The fourth-order valence-corrected chi connectivity index (χ4v) is 3.80. The van der Waals surface area contributed by atoms with Gasteiger partial charge in [0.05, 0.1) is 7.11 Å². The number of rotatable bonds is 7. The lowest BCUT2D eigenvalue weighted by Gasteiger charge is -2.06. The molecule has 0 radical (unpaired) electrons. The Bertz CT molecular complexity index is 1420. The van der Waals surface area contributed by atoms with Crippen LogP contribution < -0.4 is 0 Å². The quantitative estimate of drug-likeness (QED) is 0.229. The van der Waals surface area contributed by atoms with Crippen molar-refractivity contribution in [2.75, 3.05) is 7.11 Å². The number of aromatic nitrogens is 6. The third-order valence-electron chi connectivity index (χ3n) is 5.67. The summed E-state index contributed by atoms with van der Waals surface area (Å²) in [6.45, 7) is 9.76. The Kier molecular flexibility index (Phi) is 8.23. The molecule has 5 rings (SSSR count). The Labute approximate surface area is 222 Å². The van der Waals surface area contributed by atoms with E-state index in [4.69, 9.17) is 14.7 Å². The second-order valence-electron chi connectivity index (χ2n) is 8.00. The lowest BCUT2D eigenvalue weighted by atomic mass is 10.1. The smallest absolute Gasteiger partial charge is 0.248 e. The van der Waals surface area contributed by atoms with Gasteiger partial charge in [-0.05, 0) is 12.6 Å². The van der Waals surface area contributed by atoms with E-state index in [1.807, 2.05) is 98.8 Å². The Balaban J connectivity index is 0.00000164. The van der Waals surface area contributed by atoms with E-state index in [-0.39, 0.29) is 5.91 Å². The highest BCUT2D eigenvalue weighted by molar-refractivity contribution is 5.83. The summed E-state index contributed by atoms with van der Waals surface area (Å²) in [5, 5.41) is 9.21. The Morgan fingerprint density at radius 1 is 0.737 bits per heavy atom. The third-order valence-corrected chi connectivity index (χ3v) is 5.67. The van der Waals surface area contributed by atoms with Gasteiger partial charge in [0.2, 0.25) is 11.8 Å². The molecule has 0 aliphatic carbocycles. The van der Waals surface area contributed by atoms with Gasteiger partial charge in [-0.15, -0.1) is 10.2 Å². The molecule has 2 aromatic heterocycles. The maximum Gasteiger partial charge on any atom is 0.248 e. The number of hydrogen-bond acceptors (Lipinski definition) is 6. The normalized spacial score (nSPS) is 10.4. The first-order valence-electron chi connectivity index (χ1n) is 12.5. The number of carbonyl (C=O) groups excluding carboxylic acids is 1. The minimum atomic E-state index is -0.130. The fraction of sp³-hybridized carbons (Fsp3) is 0.167. The second kappa shape index (κ2) is 11.9. The van der Waals surface area contributed by atoms with Crippen LogP contribution in [0.1, 0.15) is 32.0 Å². The average Bonchev–Trinajstić information content (AvgIpc) is 3.64. The molecular weight excluding hydrogens is 476 g/mol. The molecule has 0 spiro atoms. The first kappa shape index (κ1) is 26.2. The first-order chi connectivity index (χ1) is 18.6. The minimum absolute atomic E-state index is 0.130. The van der Waals surface area contributed by atoms with E-state index in [1.54, 1.807) is 18.7 Å². The van der Waals surface area contributed by atoms with Gasteiger partial charge in [0.25, 0.3) is 0 Å². The van der Waals surface area contributed by atoms with Gasteiger partial charge in [0.1, 0.15) is 0 Å². The molecule has 0 aliphatic heterocycles. The van der Waals surface area contributed by atoms with Crippen LogP contribution in [0.25, 0.3) is 51.4 Å². The lowest BCUT2D eigenvalue weighted by molar-refractivity contribution is 0.0895. The zero-order valence-corrected chi connectivity index (χ0v) is 22.0. The molecule has 38 heavy (non-hydrogen) atoms. The zero-order chi connectivity index (χ0) is 27.1. The second-order valence-corrected chi connectivity index (χ2v) is 8.00. The molecule has 192 valence electrons. The summed E-state index contributed by atoms with van der Waals surface area (Å²) in [6.07, 6.45) is 0.315. The largest absolute Gasteiger partial charge is 0.481 e. The zero-order valence-electron chi connectivity index (χ0n) is 22.0. The van der Waals surface area contributed by atoms with Gasteiger partial charge >= 0.3 is 0 Å². The standard InChI is InChI=1S/C28H24N6O2.C2H6/c1-4-24(35)34-28(21-14-9-6-10-15-21)30-26(32-34)23-17-11-16-22(18-23)25-29-27(20-12-7-5-8-13-20)33(31-25)19(2)36-3;1-2/h5-18H,2,4H2,1,3H3;1-2H3. The molecule has 0 saturated heterocycles. The Morgan fingerprint density at radius 2 is 1.18 bits per heavy atom. The van der Waals surface area contributed by atoms with E-state index in [0.29, 0.717) is 35.6 Å². The van der Waals surface area contributed by atoms with Crippen molar-refractivity contribution in [3.63, 3.8) is 0 Å². The van der Waals surface area contributed by atoms with Crippen molar-refractivity contribution in [2.24, 2.45) is 0 Å². The number of benzene rings is 3. The van der Waals surface area contributed by atoms with Crippen LogP contribution in [-0.2, 0) is 4.74 Å². The lowest BCUT2D eigenvalue weighted by Crippen LogP contribution is -2.12. The van der Waals surface area contributed by atoms with Gasteiger partial charge < -0.3 is 4.74 Å². The molecule has 0 atom stereocenters. The van der Waals surface area contributed by atoms with Crippen molar-refractivity contribution in [1.82, 2.24) is 29.5 Å². The Hall–Kier alpha value is -4.85. The summed E-state index contributed by atoms with van der Waals surface area (Å²) in [5.41, 5.74) is 3.22. The van der Waals surface area contributed by atoms with Gasteiger partial charge in [-0.2, -0.15) is 9.36 Å². The Morgan fingerprint density at radius 3 is 1.66 bits per heavy atom. The maximum absolute atomic E-state index is 12.6. The van der Waals surface area contributed by atoms with Gasteiger partial charge in [-0.1, -0.05) is 99.6 Å². The van der Waals surface area contributed by atoms with E-state index >= 15 is 0 Å². The molecule has 8 heteroatoms. The molecule has 3 aromatic carbocycles. The van der Waals surface area contributed by atoms with Crippen LogP contribution in [0.3, 0.4) is 0 Å². The number of carbonyl (C=O) groups is 1. The van der Waals surface area contributed by atoms with Crippen molar-refractivity contribution in [2.45, 2.75) is 27.2 Å². The predicted molar refractivity (Wildman–Crippen MR) is 150 cm³/mol. The van der Waals surface area contributed by atoms with Crippen molar-refractivity contribution >= 4 is 11.8 Å². The molecule has 0 amide bonds. The summed E-state index contributed by atoms with van der Waals surface area (Å²) in [4.78, 5) is 22.1. The van der Waals surface area contributed by atoms with E-state index in [9.17, 15) is 4.79 Å². The molecule has 0 aliphatic rings. The monoisotopic (exact) mass is 506 g/mol. The summed E-state index contributed by atoms with van der Waals surface area (Å²) in [6, 6.07) is 26.9. The molecule has 0 N–H and O–H groups in total. The van der Waals surface area contributed by atoms with Crippen LogP contribution in [-0.4, -0.2) is 42.5 Å². The van der Waals surface area contributed by atoms with Crippen LogP contribution >= 0.6 is 0 Å². The molecule has 8 nitrogen and oxygen atoms in total.